The molecule has 2 aliphatic rings. The maximum Gasteiger partial charge on any atom is 0.0933 e. The average Bonchev–Trinajstić information content (AvgIpc) is 2.39. The molecule has 18 heavy (non-hydrogen) atoms. The van der Waals surface area contributed by atoms with E-state index in [0.717, 1.165) is 25.8 Å². The maximum atomic E-state index is 9.33. The second-order valence-corrected chi connectivity index (χ2v) is 5.90. The fourth-order valence-electron chi connectivity index (χ4n) is 3.28. The number of morpholine rings is 1. The summed E-state index contributed by atoms with van der Waals surface area (Å²) in [5, 5.41) is 18.6. The molecule has 1 heterocycles. The first kappa shape index (κ1) is 13.8. The third-order valence-electron chi connectivity index (χ3n) is 4.43. The Morgan fingerprint density at radius 2 is 2.17 bits per heavy atom. The molecule has 1 aliphatic heterocycles. The molecule has 4 heteroatoms. The second-order valence-electron chi connectivity index (χ2n) is 5.90. The van der Waals surface area contributed by atoms with Gasteiger partial charge in [-0.15, -0.1) is 0 Å². The summed E-state index contributed by atoms with van der Waals surface area (Å²) >= 11 is 0. The molecule has 0 bridgehead atoms. The highest BCUT2D eigenvalue weighted by molar-refractivity contribution is 4.99. The molecule has 0 spiro atoms. The molecule has 2 rings (SSSR count). The molecule has 1 saturated carbocycles. The van der Waals surface area contributed by atoms with Crippen LogP contribution in [0.2, 0.25) is 0 Å². The molecule has 5 unspecified atom stereocenters. The van der Waals surface area contributed by atoms with Gasteiger partial charge in [0.15, 0.2) is 0 Å². The summed E-state index contributed by atoms with van der Waals surface area (Å²) in [5.41, 5.74) is 0. The van der Waals surface area contributed by atoms with E-state index in [2.05, 4.69) is 24.8 Å². The van der Waals surface area contributed by atoms with Crippen LogP contribution in [0.1, 0.15) is 33.1 Å². The Labute approximate surface area is 110 Å². The Kier molecular flexibility index (Phi) is 4.60. The van der Waals surface area contributed by atoms with Crippen LogP contribution in [0.5, 0.6) is 0 Å². The second kappa shape index (κ2) is 6.01. The van der Waals surface area contributed by atoms with Gasteiger partial charge >= 0.3 is 0 Å². The predicted octanol–water partition coefficient (Wildman–Crippen LogP) is 1.40. The highest BCUT2D eigenvalue weighted by Crippen LogP contribution is 2.34. The number of nitrogens with zero attached hydrogens (tertiary/aromatic N) is 2. The highest BCUT2D eigenvalue weighted by Gasteiger charge is 2.38. The fourth-order valence-corrected chi connectivity index (χ4v) is 3.28. The Morgan fingerprint density at radius 1 is 1.39 bits per heavy atom. The van der Waals surface area contributed by atoms with Gasteiger partial charge in [-0.3, -0.25) is 4.90 Å². The van der Waals surface area contributed by atoms with Gasteiger partial charge in [-0.1, -0.05) is 6.92 Å². The molecule has 2 fully saturated rings. The minimum atomic E-state index is -0.0854. The predicted molar refractivity (Wildman–Crippen MR) is 68.9 cm³/mol. The zero-order chi connectivity index (χ0) is 13.1. The number of hydrogen-bond donors (Lipinski definition) is 1. The molecule has 4 nitrogen and oxygen atoms in total. The molecule has 0 aromatic rings. The molecule has 5 atom stereocenters. The fraction of sp³-hybridized carbons (Fsp3) is 0.929. The third kappa shape index (κ3) is 2.85. The Morgan fingerprint density at radius 3 is 2.83 bits per heavy atom. The van der Waals surface area contributed by atoms with Crippen molar-refractivity contribution in [2.75, 3.05) is 19.8 Å². The summed E-state index contributed by atoms with van der Waals surface area (Å²) in [6.45, 7) is 5.92. The van der Waals surface area contributed by atoms with Crippen molar-refractivity contribution in [3.05, 3.63) is 0 Å². The van der Waals surface area contributed by atoms with E-state index >= 15 is 0 Å². The molecule has 0 amide bonds. The number of nitriles is 1. The zero-order valence-corrected chi connectivity index (χ0v) is 11.4. The van der Waals surface area contributed by atoms with Crippen molar-refractivity contribution in [1.82, 2.24) is 4.90 Å². The van der Waals surface area contributed by atoms with Crippen LogP contribution in [-0.2, 0) is 4.74 Å². The lowest BCUT2D eigenvalue weighted by Crippen LogP contribution is -2.56. The van der Waals surface area contributed by atoms with E-state index < -0.39 is 0 Å². The molecule has 0 radical (unpaired) electrons. The van der Waals surface area contributed by atoms with Crippen molar-refractivity contribution in [3.63, 3.8) is 0 Å². The van der Waals surface area contributed by atoms with Crippen molar-refractivity contribution in [1.29, 1.82) is 5.26 Å². The summed E-state index contributed by atoms with van der Waals surface area (Å²) in [7, 11) is 0. The summed E-state index contributed by atoms with van der Waals surface area (Å²) in [6, 6.07) is 3.17. The first-order chi connectivity index (χ1) is 8.65. The van der Waals surface area contributed by atoms with Gasteiger partial charge in [0.05, 0.1) is 31.3 Å². The lowest BCUT2D eigenvalue weighted by molar-refractivity contribution is -0.102. The summed E-state index contributed by atoms with van der Waals surface area (Å²) in [4.78, 5) is 2.40. The molecule has 1 saturated heterocycles. The highest BCUT2D eigenvalue weighted by atomic mass is 16.5. The molecule has 1 N–H and O–H groups in total. The lowest BCUT2D eigenvalue weighted by Gasteiger charge is -2.46. The van der Waals surface area contributed by atoms with Crippen molar-refractivity contribution in [2.24, 2.45) is 11.8 Å². The minimum Gasteiger partial charge on any atom is -0.394 e. The molecular weight excluding hydrogens is 228 g/mol. The van der Waals surface area contributed by atoms with Crippen LogP contribution in [0.15, 0.2) is 0 Å². The van der Waals surface area contributed by atoms with E-state index in [0.29, 0.717) is 24.6 Å². The lowest BCUT2D eigenvalue weighted by atomic mass is 9.78. The Balaban J connectivity index is 2.08. The van der Waals surface area contributed by atoms with Crippen LogP contribution >= 0.6 is 0 Å². The Hall–Kier alpha value is -0.630. The number of rotatable bonds is 2. The van der Waals surface area contributed by atoms with E-state index in [1.165, 1.54) is 0 Å². The number of aliphatic hydroxyl groups is 1. The topological polar surface area (TPSA) is 56.5 Å². The maximum absolute atomic E-state index is 9.33. The molecule has 102 valence electrons. The van der Waals surface area contributed by atoms with Crippen molar-refractivity contribution < 1.29 is 9.84 Å². The number of aliphatic hydroxyl groups excluding tert-OH is 1. The summed E-state index contributed by atoms with van der Waals surface area (Å²) < 4.78 is 5.58. The zero-order valence-electron chi connectivity index (χ0n) is 11.4. The molecular formula is C14H24N2O2. The average molecular weight is 252 g/mol. The van der Waals surface area contributed by atoms with Gasteiger partial charge in [-0.05, 0) is 32.1 Å². The quantitative estimate of drug-likeness (QED) is 0.807. The van der Waals surface area contributed by atoms with Gasteiger partial charge in [0, 0.05) is 18.6 Å². The van der Waals surface area contributed by atoms with Crippen LogP contribution in [0.3, 0.4) is 0 Å². The standard InChI is InChI=1S/C14H24N2O2/c1-10-3-4-12(6-15)14(5-10)16-7-13(8-17)18-9-11(16)2/h10-14,17H,3-5,7-9H2,1-2H3. The summed E-state index contributed by atoms with van der Waals surface area (Å²) in [5.74, 6) is 0.836. The van der Waals surface area contributed by atoms with Gasteiger partial charge in [0.25, 0.3) is 0 Å². The van der Waals surface area contributed by atoms with Crippen LogP contribution in [-0.4, -0.2) is 48.0 Å². The van der Waals surface area contributed by atoms with Gasteiger partial charge in [0.2, 0.25) is 0 Å². The molecule has 0 aromatic heterocycles. The largest absolute Gasteiger partial charge is 0.394 e. The van der Waals surface area contributed by atoms with E-state index in [-0.39, 0.29) is 18.6 Å². The van der Waals surface area contributed by atoms with E-state index in [1.807, 2.05) is 0 Å². The minimum absolute atomic E-state index is 0.0721. The van der Waals surface area contributed by atoms with Crippen LogP contribution in [0, 0.1) is 23.2 Å². The van der Waals surface area contributed by atoms with Crippen molar-refractivity contribution in [3.8, 4) is 6.07 Å². The van der Waals surface area contributed by atoms with E-state index in [4.69, 9.17) is 4.74 Å². The Bertz CT molecular complexity index is 315. The monoisotopic (exact) mass is 252 g/mol. The van der Waals surface area contributed by atoms with Gasteiger partial charge in [0.1, 0.15) is 0 Å². The van der Waals surface area contributed by atoms with Gasteiger partial charge in [-0.2, -0.15) is 5.26 Å². The number of hydrogen-bond acceptors (Lipinski definition) is 4. The molecule has 1 aliphatic carbocycles. The normalized spacial score (nSPS) is 42.4. The third-order valence-corrected chi connectivity index (χ3v) is 4.43. The van der Waals surface area contributed by atoms with E-state index in [9.17, 15) is 10.4 Å². The number of ether oxygens (including phenoxy) is 1. The van der Waals surface area contributed by atoms with Gasteiger partial charge in [-0.25, -0.2) is 0 Å². The molecule has 0 aromatic carbocycles. The van der Waals surface area contributed by atoms with Gasteiger partial charge < -0.3 is 9.84 Å². The van der Waals surface area contributed by atoms with Crippen molar-refractivity contribution in [2.45, 2.75) is 51.3 Å². The first-order valence-corrected chi connectivity index (χ1v) is 7.03. The van der Waals surface area contributed by atoms with Crippen LogP contribution < -0.4 is 0 Å². The summed E-state index contributed by atoms with van der Waals surface area (Å²) in [6.07, 6.45) is 3.19. The van der Waals surface area contributed by atoms with Crippen LogP contribution in [0.4, 0.5) is 0 Å². The SMILES string of the molecule is CC1CCC(C#N)C(N2CC(CO)OCC2C)C1. The smallest absolute Gasteiger partial charge is 0.0933 e. The van der Waals surface area contributed by atoms with Crippen molar-refractivity contribution >= 4 is 0 Å². The van der Waals surface area contributed by atoms with E-state index in [1.54, 1.807) is 0 Å². The van der Waals surface area contributed by atoms with Crippen LogP contribution in [0.25, 0.3) is 0 Å². The first-order valence-electron chi connectivity index (χ1n) is 7.03.